The third-order valence-electron chi connectivity index (χ3n) is 1.99. The maximum atomic E-state index is 11.3. The van der Waals surface area contributed by atoms with Gasteiger partial charge in [-0.3, -0.25) is 15.0 Å². The second-order valence-corrected chi connectivity index (χ2v) is 3.20. The van der Waals surface area contributed by atoms with E-state index in [-0.39, 0.29) is 5.91 Å². The lowest BCUT2D eigenvalue weighted by Gasteiger charge is -1.95. The van der Waals surface area contributed by atoms with Gasteiger partial charge in [-0.05, 0) is 12.8 Å². The molecular weight excluding hydrogens is 174 g/mol. The van der Waals surface area contributed by atoms with E-state index < -0.39 is 0 Å². The van der Waals surface area contributed by atoms with Gasteiger partial charge in [-0.2, -0.15) is 0 Å². The average molecular weight is 183 g/mol. The molecule has 4 nitrogen and oxygen atoms in total. The lowest BCUT2D eigenvalue weighted by Crippen LogP contribution is -2.23. The number of amides is 1. The van der Waals surface area contributed by atoms with Gasteiger partial charge < -0.3 is 5.32 Å². The number of carbonyl (C=O) groups is 1. The Labute approximate surface area is 74.4 Å². The fourth-order valence-corrected chi connectivity index (χ4v) is 1.63. The first-order valence-electron chi connectivity index (χ1n) is 3.87. The van der Waals surface area contributed by atoms with Crippen molar-refractivity contribution in [1.29, 1.82) is 0 Å². The second-order valence-electron chi connectivity index (χ2n) is 2.79. The molecule has 1 aliphatic rings. The van der Waals surface area contributed by atoms with Crippen LogP contribution >= 0.6 is 12.2 Å². The van der Waals surface area contributed by atoms with Crippen molar-refractivity contribution in [2.24, 2.45) is 0 Å². The van der Waals surface area contributed by atoms with E-state index in [1.54, 1.807) is 0 Å². The monoisotopic (exact) mass is 183 g/mol. The highest BCUT2D eigenvalue weighted by Crippen LogP contribution is 2.12. The summed E-state index contributed by atoms with van der Waals surface area (Å²) >= 11 is 5.02. The van der Waals surface area contributed by atoms with Gasteiger partial charge in [0, 0.05) is 12.1 Å². The summed E-state index contributed by atoms with van der Waals surface area (Å²) in [6, 6.07) is 0. The zero-order valence-electron chi connectivity index (χ0n) is 6.44. The number of fused-ring (bicyclic) bond motifs is 1. The number of rotatable bonds is 0. The van der Waals surface area contributed by atoms with Gasteiger partial charge in [0.1, 0.15) is 10.3 Å². The Kier molecular flexibility index (Phi) is 1.73. The van der Waals surface area contributed by atoms with E-state index in [0.29, 0.717) is 10.3 Å². The number of nitrogens with one attached hydrogen (secondary N) is 3. The lowest BCUT2D eigenvalue weighted by atomic mass is 10.1. The van der Waals surface area contributed by atoms with Crippen LogP contribution in [-0.2, 0) is 6.42 Å². The Hall–Kier alpha value is -1.10. The van der Waals surface area contributed by atoms with Gasteiger partial charge in [0.2, 0.25) is 0 Å². The van der Waals surface area contributed by atoms with Crippen molar-refractivity contribution in [3.8, 4) is 0 Å². The number of H-pyrrole nitrogens is 2. The summed E-state index contributed by atoms with van der Waals surface area (Å²) in [5.41, 5.74) is 1.54. The number of carbonyl (C=O) groups excluding carboxylic acids is 1. The minimum Gasteiger partial charge on any atom is -0.351 e. The standard InChI is InChI=1S/C7H9N3OS/c11-6-5-4(2-1-3-8-6)7(12)10-9-5/h1-3H2,(H,8,11)(H2,9,10,12). The fourth-order valence-electron chi connectivity index (χ4n) is 1.37. The third-order valence-corrected chi connectivity index (χ3v) is 2.34. The zero-order valence-corrected chi connectivity index (χ0v) is 7.25. The molecule has 1 aliphatic heterocycles. The normalized spacial score (nSPS) is 16.5. The summed E-state index contributed by atoms with van der Waals surface area (Å²) in [5.74, 6) is -0.0603. The molecule has 5 heteroatoms. The molecule has 0 atom stereocenters. The highest BCUT2D eigenvalue weighted by molar-refractivity contribution is 7.71. The average Bonchev–Trinajstić information content (AvgIpc) is 2.30. The van der Waals surface area contributed by atoms with E-state index in [0.717, 1.165) is 24.9 Å². The van der Waals surface area contributed by atoms with Crippen molar-refractivity contribution in [3.05, 3.63) is 15.9 Å². The first kappa shape index (κ1) is 7.54. The maximum Gasteiger partial charge on any atom is 0.269 e. The van der Waals surface area contributed by atoms with Gasteiger partial charge >= 0.3 is 0 Å². The van der Waals surface area contributed by atoms with E-state index >= 15 is 0 Å². The molecule has 0 aromatic carbocycles. The molecule has 64 valence electrons. The molecule has 2 rings (SSSR count). The number of aromatic nitrogens is 2. The smallest absolute Gasteiger partial charge is 0.269 e. The van der Waals surface area contributed by atoms with Crippen LogP contribution in [0.5, 0.6) is 0 Å². The molecule has 0 bridgehead atoms. The predicted octanol–water partition coefficient (Wildman–Crippen LogP) is 0.748. The van der Waals surface area contributed by atoms with Gasteiger partial charge in [0.15, 0.2) is 0 Å². The topological polar surface area (TPSA) is 60.7 Å². The molecule has 0 saturated carbocycles. The second kappa shape index (κ2) is 2.75. The zero-order chi connectivity index (χ0) is 8.55. The van der Waals surface area contributed by atoms with Crippen molar-refractivity contribution >= 4 is 18.1 Å². The first-order valence-corrected chi connectivity index (χ1v) is 4.27. The van der Waals surface area contributed by atoms with Crippen LogP contribution in [-0.4, -0.2) is 22.6 Å². The number of hydrogen-bond donors (Lipinski definition) is 3. The van der Waals surface area contributed by atoms with Crippen LogP contribution in [0, 0.1) is 4.64 Å². The van der Waals surface area contributed by atoms with Crippen molar-refractivity contribution in [2.45, 2.75) is 12.8 Å². The molecule has 0 unspecified atom stereocenters. The Balaban J connectivity index is 2.55. The molecule has 3 N–H and O–H groups in total. The van der Waals surface area contributed by atoms with Crippen LogP contribution in [0.1, 0.15) is 22.5 Å². The van der Waals surface area contributed by atoms with Gasteiger partial charge in [-0.15, -0.1) is 0 Å². The number of aromatic amines is 2. The van der Waals surface area contributed by atoms with Gasteiger partial charge in [0.25, 0.3) is 5.91 Å². The van der Waals surface area contributed by atoms with Crippen molar-refractivity contribution in [3.63, 3.8) is 0 Å². The van der Waals surface area contributed by atoms with Crippen LogP contribution in [0.15, 0.2) is 0 Å². The third kappa shape index (κ3) is 1.06. The van der Waals surface area contributed by atoms with E-state index in [9.17, 15) is 4.79 Å². The van der Waals surface area contributed by atoms with Crippen LogP contribution in [0.3, 0.4) is 0 Å². The van der Waals surface area contributed by atoms with Crippen LogP contribution < -0.4 is 5.32 Å². The summed E-state index contributed by atoms with van der Waals surface area (Å²) in [7, 11) is 0. The molecule has 0 radical (unpaired) electrons. The van der Waals surface area contributed by atoms with Gasteiger partial charge in [0.05, 0.1) is 0 Å². The quantitative estimate of drug-likeness (QED) is 0.520. The van der Waals surface area contributed by atoms with Gasteiger partial charge in [-0.25, -0.2) is 0 Å². The Morgan fingerprint density at radius 2 is 2.17 bits per heavy atom. The molecule has 0 aliphatic carbocycles. The van der Waals surface area contributed by atoms with E-state index in [4.69, 9.17) is 12.2 Å². The molecule has 2 heterocycles. The molecule has 1 amide bonds. The summed E-state index contributed by atoms with van der Waals surface area (Å²) in [5, 5.41) is 8.32. The van der Waals surface area contributed by atoms with Crippen molar-refractivity contribution in [1.82, 2.24) is 15.5 Å². The van der Waals surface area contributed by atoms with Crippen LogP contribution in [0.4, 0.5) is 0 Å². The summed E-state index contributed by atoms with van der Waals surface area (Å²) in [6.45, 7) is 0.732. The van der Waals surface area contributed by atoms with Crippen molar-refractivity contribution < 1.29 is 4.79 Å². The Morgan fingerprint density at radius 3 is 3.00 bits per heavy atom. The van der Waals surface area contributed by atoms with Crippen LogP contribution in [0.25, 0.3) is 0 Å². The molecule has 0 spiro atoms. The highest BCUT2D eigenvalue weighted by atomic mass is 32.1. The minimum atomic E-state index is -0.0603. The van der Waals surface area contributed by atoms with E-state index in [1.165, 1.54) is 0 Å². The SMILES string of the molecule is O=C1NCCCc2c1[nH][nH]c2=S. The Morgan fingerprint density at radius 1 is 1.33 bits per heavy atom. The van der Waals surface area contributed by atoms with Crippen LogP contribution in [0.2, 0.25) is 0 Å². The highest BCUT2D eigenvalue weighted by Gasteiger charge is 2.17. The number of hydrogen-bond acceptors (Lipinski definition) is 2. The fraction of sp³-hybridized carbons (Fsp3) is 0.429. The minimum absolute atomic E-state index is 0.0603. The van der Waals surface area contributed by atoms with Gasteiger partial charge in [-0.1, -0.05) is 12.2 Å². The van der Waals surface area contributed by atoms with Crippen molar-refractivity contribution in [2.75, 3.05) is 6.54 Å². The molecule has 1 aromatic heterocycles. The van der Waals surface area contributed by atoms with E-state index in [2.05, 4.69) is 15.5 Å². The molecule has 1 aromatic rings. The molecule has 12 heavy (non-hydrogen) atoms. The summed E-state index contributed by atoms with van der Waals surface area (Å²) < 4.78 is 0.655. The predicted molar refractivity (Wildman–Crippen MR) is 46.6 cm³/mol. The van der Waals surface area contributed by atoms with E-state index in [1.807, 2.05) is 0 Å². The molecule has 0 fully saturated rings. The maximum absolute atomic E-state index is 11.3. The summed E-state index contributed by atoms with van der Waals surface area (Å²) in [4.78, 5) is 11.3. The molecule has 0 saturated heterocycles. The largest absolute Gasteiger partial charge is 0.351 e. The lowest BCUT2D eigenvalue weighted by molar-refractivity contribution is 0.0951. The summed E-state index contributed by atoms with van der Waals surface area (Å²) in [6.07, 6.45) is 1.82. The first-order chi connectivity index (χ1) is 5.79. The molecular formula is C7H9N3OS. The Bertz CT molecular complexity index is 365.